The number of amidine groups is 1. The molecule has 6 heteroatoms. The molecular formula is C9H9F3N2S. The molecule has 0 saturated carbocycles. The second-order valence-electron chi connectivity index (χ2n) is 2.81. The van der Waals surface area contributed by atoms with Crippen LogP contribution >= 0.6 is 11.8 Å². The number of hydrogen-bond donors (Lipinski definition) is 2. The topological polar surface area (TPSA) is 49.9 Å². The van der Waals surface area contributed by atoms with E-state index in [2.05, 4.69) is 0 Å². The van der Waals surface area contributed by atoms with Crippen molar-refractivity contribution in [2.45, 2.75) is 11.9 Å². The lowest BCUT2D eigenvalue weighted by Gasteiger charge is -2.11. The number of alkyl halides is 3. The molecule has 0 aliphatic heterocycles. The van der Waals surface area contributed by atoms with E-state index >= 15 is 0 Å². The van der Waals surface area contributed by atoms with Gasteiger partial charge in [0, 0.05) is 5.75 Å². The molecule has 2 nitrogen and oxygen atoms in total. The van der Waals surface area contributed by atoms with Gasteiger partial charge in [-0.05, 0) is 11.6 Å². The molecule has 1 rings (SSSR count). The molecule has 0 aromatic heterocycles. The number of thioether (sulfide) groups is 1. The Morgan fingerprint density at radius 2 is 1.93 bits per heavy atom. The van der Waals surface area contributed by atoms with Gasteiger partial charge in [0.2, 0.25) is 0 Å². The predicted octanol–water partition coefficient (Wildman–Crippen LogP) is 2.83. The van der Waals surface area contributed by atoms with Gasteiger partial charge in [-0.15, -0.1) is 0 Å². The molecule has 0 amide bonds. The van der Waals surface area contributed by atoms with Crippen LogP contribution in [0.5, 0.6) is 0 Å². The Balaban J connectivity index is 2.92. The highest BCUT2D eigenvalue weighted by Crippen LogP contribution is 2.33. The minimum atomic E-state index is -4.35. The molecule has 0 fully saturated rings. The van der Waals surface area contributed by atoms with Crippen molar-refractivity contribution in [3.63, 3.8) is 0 Å². The van der Waals surface area contributed by atoms with E-state index in [0.29, 0.717) is 0 Å². The quantitative estimate of drug-likeness (QED) is 0.610. The van der Waals surface area contributed by atoms with E-state index in [1.54, 1.807) is 0 Å². The monoisotopic (exact) mass is 234 g/mol. The van der Waals surface area contributed by atoms with Crippen LogP contribution in [0.25, 0.3) is 0 Å². The van der Waals surface area contributed by atoms with Gasteiger partial charge in [0.15, 0.2) is 5.17 Å². The predicted molar refractivity (Wildman–Crippen MR) is 54.7 cm³/mol. The average Bonchev–Trinajstić information content (AvgIpc) is 2.13. The van der Waals surface area contributed by atoms with Crippen molar-refractivity contribution >= 4 is 16.9 Å². The molecule has 0 atom stereocenters. The van der Waals surface area contributed by atoms with Gasteiger partial charge in [-0.1, -0.05) is 30.0 Å². The lowest BCUT2D eigenvalue weighted by Crippen LogP contribution is -2.10. The lowest BCUT2D eigenvalue weighted by molar-refractivity contribution is -0.138. The molecule has 1 aromatic carbocycles. The van der Waals surface area contributed by atoms with E-state index in [-0.39, 0.29) is 16.5 Å². The molecule has 0 saturated heterocycles. The largest absolute Gasteiger partial charge is 0.416 e. The van der Waals surface area contributed by atoms with Crippen LogP contribution < -0.4 is 5.73 Å². The van der Waals surface area contributed by atoms with Crippen LogP contribution in [0.1, 0.15) is 11.1 Å². The molecule has 3 N–H and O–H groups in total. The van der Waals surface area contributed by atoms with Gasteiger partial charge in [-0.2, -0.15) is 13.2 Å². The molecular weight excluding hydrogens is 225 g/mol. The van der Waals surface area contributed by atoms with E-state index < -0.39 is 11.7 Å². The molecule has 0 heterocycles. The Kier molecular flexibility index (Phi) is 3.62. The summed E-state index contributed by atoms with van der Waals surface area (Å²) >= 11 is 0.876. The van der Waals surface area contributed by atoms with E-state index in [4.69, 9.17) is 11.1 Å². The van der Waals surface area contributed by atoms with Crippen molar-refractivity contribution in [1.82, 2.24) is 0 Å². The Hall–Kier alpha value is -1.17. The summed E-state index contributed by atoms with van der Waals surface area (Å²) in [6.07, 6.45) is -4.35. The first-order chi connectivity index (χ1) is 6.91. The van der Waals surface area contributed by atoms with Gasteiger partial charge in [0.1, 0.15) is 0 Å². The lowest BCUT2D eigenvalue weighted by atomic mass is 10.1. The van der Waals surface area contributed by atoms with Crippen molar-refractivity contribution in [2.24, 2.45) is 5.73 Å². The summed E-state index contributed by atoms with van der Waals surface area (Å²) in [4.78, 5) is 0. The molecule has 0 spiro atoms. The molecule has 0 aliphatic carbocycles. The maximum Gasteiger partial charge on any atom is 0.416 e. The second kappa shape index (κ2) is 4.57. The molecule has 0 aliphatic rings. The summed E-state index contributed by atoms with van der Waals surface area (Å²) in [6.45, 7) is 0. The van der Waals surface area contributed by atoms with Gasteiger partial charge >= 0.3 is 6.18 Å². The summed E-state index contributed by atoms with van der Waals surface area (Å²) in [5.41, 5.74) is 4.54. The zero-order valence-corrected chi connectivity index (χ0v) is 8.45. The average molecular weight is 234 g/mol. The third-order valence-electron chi connectivity index (χ3n) is 1.71. The minimum Gasteiger partial charge on any atom is -0.379 e. The first kappa shape index (κ1) is 11.9. The van der Waals surface area contributed by atoms with Gasteiger partial charge in [-0.3, -0.25) is 5.41 Å². The maximum atomic E-state index is 12.5. The van der Waals surface area contributed by atoms with E-state index in [9.17, 15) is 13.2 Å². The normalized spacial score (nSPS) is 11.4. The minimum absolute atomic E-state index is 0.0605. The summed E-state index contributed by atoms with van der Waals surface area (Å²) in [5, 5.41) is 6.74. The second-order valence-corrected chi connectivity index (χ2v) is 3.83. The van der Waals surface area contributed by atoms with Gasteiger partial charge < -0.3 is 5.73 Å². The molecule has 82 valence electrons. The Morgan fingerprint density at radius 1 is 1.33 bits per heavy atom. The van der Waals surface area contributed by atoms with Crippen molar-refractivity contribution < 1.29 is 13.2 Å². The first-order valence-electron chi connectivity index (χ1n) is 4.03. The fourth-order valence-electron chi connectivity index (χ4n) is 1.08. The standard InChI is InChI=1S/C9H9F3N2S/c10-9(11,12)7-4-2-1-3-6(7)5-15-8(13)14/h1-4H,5H2,(H3,13,14). The molecule has 15 heavy (non-hydrogen) atoms. The van der Waals surface area contributed by atoms with Crippen molar-refractivity contribution in [3.8, 4) is 0 Å². The summed E-state index contributed by atoms with van der Waals surface area (Å²) in [5.74, 6) is 0.0605. The number of hydrogen-bond acceptors (Lipinski definition) is 2. The van der Waals surface area contributed by atoms with Crippen LogP contribution in [0.4, 0.5) is 13.2 Å². The highest BCUT2D eigenvalue weighted by molar-refractivity contribution is 8.13. The van der Waals surface area contributed by atoms with Gasteiger partial charge in [0.05, 0.1) is 5.56 Å². The molecule has 0 radical (unpaired) electrons. The SMILES string of the molecule is N=C(N)SCc1ccccc1C(F)(F)F. The molecule has 0 unspecified atom stereocenters. The number of nitrogens with two attached hydrogens (primary N) is 1. The fraction of sp³-hybridized carbons (Fsp3) is 0.222. The number of nitrogens with one attached hydrogen (secondary N) is 1. The highest BCUT2D eigenvalue weighted by atomic mass is 32.2. The highest BCUT2D eigenvalue weighted by Gasteiger charge is 2.32. The van der Waals surface area contributed by atoms with Crippen LogP contribution in [0.2, 0.25) is 0 Å². The van der Waals surface area contributed by atoms with Gasteiger partial charge in [0.25, 0.3) is 0 Å². The fourth-order valence-corrected chi connectivity index (χ4v) is 1.64. The zero-order valence-electron chi connectivity index (χ0n) is 7.64. The smallest absolute Gasteiger partial charge is 0.379 e. The van der Waals surface area contributed by atoms with Crippen LogP contribution in [0, 0.1) is 5.41 Å². The van der Waals surface area contributed by atoms with Crippen molar-refractivity contribution in [2.75, 3.05) is 0 Å². The number of benzene rings is 1. The Morgan fingerprint density at radius 3 is 2.47 bits per heavy atom. The molecule has 1 aromatic rings. The van der Waals surface area contributed by atoms with Crippen LogP contribution in [0.3, 0.4) is 0 Å². The van der Waals surface area contributed by atoms with Crippen LogP contribution in [-0.2, 0) is 11.9 Å². The van der Waals surface area contributed by atoms with Crippen LogP contribution in [0.15, 0.2) is 24.3 Å². The third-order valence-corrected chi connectivity index (χ3v) is 2.47. The van der Waals surface area contributed by atoms with Crippen LogP contribution in [-0.4, -0.2) is 5.17 Å². The van der Waals surface area contributed by atoms with Crippen molar-refractivity contribution in [3.05, 3.63) is 35.4 Å². The maximum absolute atomic E-state index is 12.5. The number of halogens is 3. The summed E-state index contributed by atoms with van der Waals surface area (Å²) in [7, 11) is 0. The van der Waals surface area contributed by atoms with E-state index in [0.717, 1.165) is 17.8 Å². The van der Waals surface area contributed by atoms with Crippen molar-refractivity contribution in [1.29, 1.82) is 5.41 Å². The Labute approximate surface area is 89.2 Å². The number of rotatable bonds is 2. The first-order valence-corrected chi connectivity index (χ1v) is 5.01. The summed E-state index contributed by atoms with van der Waals surface area (Å²) < 4.78 is 37.4. The third kappa shape index (κ3) is 3.47. The zero-order chi connectivity index (χ0) is 11.5. The Bertz CT molecular complexity index is 363. The van der Waals surface area contributed by atoms with E-state index in [1.165, 1.54) is 18.2 Å². The molecule has 0 bridgehead atoms. The van der Waals surface area contributed by atoms with Gasteiger partial charge in [-0.25, -0.2) is 0 Å². The summed E-state index contributed by atoms with van der Waals surface area (Å²) in [6, 6.07) is 5.28. The van der Waals surface area contributed by atoms with E-state index in [1.807, 2.05) is 0 Å².